The van der Waals surface area contributed by atoms with Gasteiger partial charge >= 0.3 is 5.97 Å². The van der Waals surface area contributed by atoms with Gasteiger partial charge in [-0.25, -0.2) is 0 Å². The van der Waals surface area contributed by atoms with E-state index in [1.165, 1.54) is 275 Å². The van der Waals surface area contributed by atoms with E-state index in [0.29, 0.717) is 13.0 Å². The maximum atomic E-state index is 12.3. The molecule has 1 N–H and O–H groups in total. The second kappa shape index (κ2) is 51.1. The zero-order valence-corrected chi connectivity index (χ0v) is 45.0. The van der Waals surface area contributed by atoms with Crippen LogP contribution in [0.25, 0.3) is 0 Å². The lowest BCUT2D eigenvalue weighted by Crippen LogP contribution is -2.14. The van der Waals surface area contributed by atoms with Gasteiger partial charge in [0, 0.05) is 0 Å². The fraction of sp³-hybridized carbons (Fsp3) is 0.887. The number of rotatable bonds is 55. The molecule has 0 heterocycles. The van der Waals surface area contributed by atoms with E-state index in [1.54, 1.807) is 0 Å². The van der Waals surface area contributed by atoms with Crippen LogP contribution in [0.4, 0.5) is 0 Å². The Morgan fingerprint density at radius 1 is 0.364 bits per heavy atom. The van der Waals surface area contributed by atoms with Crippen molar-refractivity contribution in [3.8, 4) is 11.5 Å². The van der Waals surface area contributed by atoms with Crippen LogP contribution in [0.15, 0.2) is 18.2 Å². The first kappa shape index (κ1) is 62.3. The first-order valence-electron chi connectivity index (χ1n) is 30.2. The molecule has 1 aromatic carbocycles. The molecule has 1 unspecified atom stereocenters. The van der Waals surface area contributed by atoms with Gasteiger partial charge < -0.3 is 14.6 Å². The van der Waals surface area contributed by atoms with E-state index in [1.807, 2.05) is 0 Å². The summed E-state index contributed by atoms with van der Waals surface area (Å²) in [6.45, 7) is 8.33. The van der Waals surface area contributed by atoms with E-state index in [2.05, 4.69) is 39.0 Å². The highest BCUT2D eigenvalue weighted by atomic mass is 16.5. The maximum Gasteiger partial charge on any atom is 0.306 e. The first-order valence-corrected chi connectivity index (χ1v) is 30.2. The van der Waals surface area contributed by atoms with Crippen LogP contribution < -0.4 is 9.47 Å². The van der Waals surface area contributed by atoms with Crippen LogP contribution in [-0.4, -0.2) is 24.3 Å². The molecule has 66 heavy (non-hydrogen) atoms. The van der Waals surface area contributed by atoms with Crippen molar-refractivity contribution in [2.45, 2.75) is 335 Å². The number of unbranched alkanes of at least 4 members (excludes halogenated alkanes) is 43. The Morgan fingerprint density at radius 2 is 0.636 bits per heavy atom. The molecule has 0 aliphatic rings. The normalized spacial score (nSPS) is 12.0. The third kappa shape index (κ3) is 42.4. The Labute approximate surface area is 413 Å². The lowest BCUT2D eigenvalue weighted by Gasteiger charge is -2.16. The van der Waals surface area contributed by atoms with Crippen molar-refractivity contribution in [2.24, 2.45) is 5.92 Å². The van der Waals surface area contributed by atoms with Gasteiger partial charge in [0.15, 0.2) is 11.5 Å². The van der Waals surface area contributed by atoms with E-state index in [9.17, 15) is 9.90 Å². The highest BCUT2D eigenvalue weighted by Gasteiger charge is 2.18. The number of aryl methyl sites for hydroxylation is 1. The molecule has 4 heteroatoms. The molecular formula is C62H116O4. The van der Waals surface area contributed by atoms with Gasteiger partial charge in [-0.15, -0.1) is 0 Å². The van der Waals surface area contributed by atoms with Crippen molar-refractivity contribution in [1.82, 2.24) is 0 Å². The summed E-state index contributed by atoms with van der Waals surface area (Å²) in [7, 11) is 0. The van der Waals surface area contributed by atoms with Gasteiger partial charge in [-0.1, -0.05) is 309 Å². The molecule has 0 fully saturated rings. The Balaban J connectivity index is 2.40. The number of benzene rings is 1. The average molecular weight is 926 g/mol. The summed E-state index contributed by atoms with van der Waals surface area (Å²) in [6, 6.07) is 6.39. The minimum Gasteiger partial charge on any atom is -0.490 e. The van der Waals surface area contributed by atoms with Gasteiger partial charge in [-0.2, -0.15) is 0 Å². The van der Waals surface area contributed by atoms with Crippen LogP contribution in [0.3, 0.4) is 0 Å². The number of carboxylic acid groups (broad SMARTS) is 1. The molecule has 0 bridgehead atoms. The van der Waals surface area contributed by atoms with Crippen molar-refractivity contribution < 1.29 is 19.4 Å². The lowest BCUT2D eigenvalue weighted by atomic mass is 9.93. The van der Waals surface area contributed by atoms with E-state index in [0.717, 1.165) is 56.6 Å². The molecule has 4 nitrogen and oxygen atoms in total. The van der Waals surface area contributed by atoms with E-state index in [-0.39, 0.29) is 5.92 Å². The summed E-state index contributed by atoms with van der Waals surface area (Å²) in [4.78, 5) is 12.3. The Hall–Kier alpha value is -1.71. The molecular weight excluding hydrogens is 809 g/mol. The van der Waals surface area contributed by atoms with Gasteiger partial charge in [0.1, 0.15) is 0 Å². The number of aliphatic carboxylic acids is 1. The predicted octanol–water partition coefficient (Wildman–Crippen LogP) is 21.5. The Kier molecular flexibility index (Phi) is 48.3. The van der Waals surface area contributed by atoms with Crippen molar-refractivity contribution in [3.05, 3.63) is 23.8 Å². The quantitative estimate of drug-likeness (QED) is 0.0662. The predicted molar refractivity (Wildman–Crippen MR) is 291 cm³/mol. The minimum absolute atomic E-state index is 0.275. The Bertz CT molecular complexity index is 1120. The molecule has 0 amide bonds. The van der Waals surface area contributed by atoms with Crippen LogP contribution in [0, 0.1) is 5.92 Å². The minimum atomic E-state index is -0.636. The zero-order chi connectivity index (χ0) is 47.5. The van der Waals surface area contributed by atoms with Crippen LogP contribution in [0.1, 0.15) is 335 Å². The fourth-order valence-electron chi connectivity index (χ4n) is 9.92. The molecule has 0 saturated heterocycles. The Morgan fingerprint density at radius 3 is 0.939 bits per heavy atom. The smallest absolute Gasteiger partial charge is 0.306 e. The van der Waals surface area contributed by atoms with E-state index < -0.39 is 5.97 Å². The molecule has 0 aliphatic heterocycles. The zero-order valence-electron chi connectivity index (χ0n) is 45.0. The molecule has 0 aromatic heterocycles. The number of carboxylic acids is 1. The highest BCUT2D eigenvalue weighted by Crippen LogP contribution is 2.31. The molecule has 1 aromatic rings. The van der Waals surface area contributed by atoms with Gasteiger partial charge in [0.25, 0.3) is 0 Å². The van der Waals surface area contributed by atoms with Crippen LogP contribution >= 0.6 is 0 Å². The summed E-state index contributed by atoms with van der Waals surface area (Å²) >= 11 is 0. The van der Waals surface area contributed by atoms with Gasteiger partial charge in [-0.3, -0.25) is 4.79 Å². The molecule has 0 spiro atoms. The largest absolute Gasteiger partial charge is 0.490 e. The third-order valence-electron chi connectivity index (χ3n) is 14.6. The van der Waals surface area contributed by atoms with Gasteiger partial charge in [0.05, 0.1) is 19.1 Å². The standard InChI is InChI=1S/C62H116O4/c1-4-7-10-13-16-19-22-25-28-30-33-36-39-42-45-48-55-65-60-54-52-58(51-53-59(62(63)64)50-47-44-41-38-35-32-27-24-21-18-15-12-9-6-3)57-61(60)66-56-49-46-43-40-37-34-31-29-26-23-20-17-14-11-8-5-2/h52,54,57,59H,4-51,53,55-56H2,1-3H3,(H,63,64). The van der Waals surface area contributed by atoms with Gasteiger partial charge in [0.2, 0.25) is 0 Å². The van der Waals surface area contributed by atoms with Crippen LogP contribution in [-0.2, 0) is 11.2 Å². The summed E-state index contributed by atoms with van der Waals surface area (Å²) in [5, 5.41) is 10.1. The van der Waals surface area contributed by atoms with Gasteiger partial charge in [-0.05, 0) is 49.8 Å². The second-order valence-corrected chi connectivity index (χ2v) is 21.0. The average Bonchev–Trinajstić information content (AvgIpc) is 3.32. The SMILES string of the molecule is CCCCCCCCCCCCCCCCCCOc1ccc(CCC(CCCCCCCCCCCCCCCC)C(=O)O)cc1OCCCCCCCCCCCCCCCCCC. The molecule has 0 radical (unpaired) electrons. The number of carbonyl (C=O) groups is 1. The monoisotopic (exact) mass is 925 g/mol. The molecule has 1 rings (SSSR count). The lowest BCUT2D eigenvalue weighted by molar-refractivity contribution is -0.142. The number of ether oxygens (including phenoxy) is 2. The number of hydrogen-bond donors (Lipinski definition) is 1. The summed E-state index contributed by atoms with van der Waals surface area (Å²) < 4.78 is 12.8. The van der Waals surface area contributed by atoms with Crippen molar-refractivity contribution in [2.75, 3.05) is 13.2 Å². The molecule has 1 atom stereocenters. The molecule has 0 saturated carbocycles. The summed E-state index contributed by atoms with van der Waals surface area (Å²) in [5.74, 6) is 0.795. The van der Waals surface area contributed by atoms with Crippen molar-refractivity contribution in [3.63, 3.8) is 0 Å². The second-order valence-electron chi connectivity index (χ2n) is 21.0. The number of hydrogen-bond acceptors (Lipinski definition) is 3. The third-order valence-corrected chi connectivity index (χ3v) is 14.6. The highest BCUT2D eigenvalue weighted by molar-refractivity contribution is 5.69. The first-order chi connectivity index (χ1) is 32.6. The van der Waals surface area contributed by atoms with Crippen molar-refractivity contribution >= 4 is 5.97 Å². The van der Waals surface area contributed by atoms with Crippen LogP contribution in [0.2, 0.25) is 0 Å². The van der Waals surface area contributed by atoms with Crippen LogP contribution in [0.5, 0.6) is 11.5 Å². The fourth-order valence-corrected chi connectivity index (χ4v) is 9.92. The summed E-state index contributed by atoms with van der Waals surface area (Å²) in [5.41, 5.74) is 1.17. The van der Waals surface area contributed by atoms with Crippen molar-refractivity contribution in [1.29, 1.82) is 0 Å². The van der Waals surface area contributed by atoms with E-state index in [4.69, 9.17) is 9.47 Å². The summed E-state index contributed by atoms with van der Waals surface area (Å²) in [6.07, 6.45) is 64.6. The molecule has 0 aliphatic carbocycles. The maximum absolute atomic E-state index is 12.3. The molecule has 388 valence electrons. The van der Waals surface area contributed by atoms with E-state index >= 15 is 0 Å². The topological polar surface area (TPSA) is 55.8 Å².